The molecule has 0 bridgehead atoms. The van der Waals surface area contributed by atoms with Crippen molar-refractivity contribution in [3.8, 4) is 5.75 Å². The third kappa shape index (κ3) is 12.6. The average Bonchev–Trinajstić information content (AvgIpc) is 2.86. The molecule has 0 aliphatic heterocycles. The maximum absolute atomic E-state index is 13.5. The van der Waals surface area contributed by atoms with E-state index in [0.29, 0.717) is 26.2 Å². The molecule has 0 amide bonds. The van der Waals surface area contributed by atoms with Gasteiger partial charge in [0, 0.05) is 6.42 Å². The van der Waals surface area contributed by atoms with Gasteiger partial charge in [0.15, 0.2) is 0 Å². The summed E-state index contributed by atoms with van der Waals surface area (Å²) in [4.78, 5) is 22.9. The molecule has 0 fully saturated rings. The summed E-state index contributed by atoms with van der Waals surface area (Å²) in [6.07, 6.45) is 2.79. The number of ether oxygens (including phenoxy) is 6. The van der Waals surface area contributed by atoms with Crippen molar-refractivity contribution in [1.82, 2.24) is 0 Å². The van der Waals surface area contributed by atoms with Gasteiger partial charge in [-0.2, -0.15) is 8.78 Å². The first-order chi connectivity index (χ1) is 17.3. The van der Waals surface area contributed by atoms with Crippen LogP contribution in [-0.4, -0.2) is 71.4 Å². The van der Waals surface area contributed by atoms with Crippen LogP contribution < -0.4 is 4.74 Å². The SMILES string of the molecule is CCCCCC(=O)OCCOCCOCCOCCOCCC(=O)Oc1c(F)c(F)c(F)c(F)c1F. The summed E-state index contributed by atoms with van der Waals surface area (Å²) in [6.45, 7) is 3.78. The van der Waals surface area contributed by atoms with E-state index in [1.807, 2.05) is 0 Å². The monoisotopic (exact) mass is 530 g/mol. The van der Waals surface area contributed by atoms with Crippen molar-refractivity contribution in [2.75, 3.05) is 59.5 Å². The third-order valence-corrected chi connectivity index (χ3v) is 4.43. The highest BCUT2D eigenvalue weighted by atomic mass is 19.2. The fraction of sp³-hybridized carbons (Fsp3) is 0.652. The van der Waals surface area contributed by atoms with Crippen LogP contribution in [0, 0.1) is 29.1 Å². The van der Waals surface area contributed by atoms with Gasteiger partial charge >= 0.3 is 11.9 Å². The average molecular weight is 530 g/mol. The minimum atomic E-state index is -2.35. The van der Waals surface area contributed by atoms with Crippen LogP contribution in [0.25, 0.3) is 0 Å². The Morgan fingerprint density at radius 2 is 1.00 bits per heavy atom. The van der Waals surface area contributed by atoms with Gasteiger partial charge in [-0.1, -0.05) is 19.8 Å². The predicted octanol–water partition coefficient (Wildman–Crippen LogP) is 3.87. The molecular formula is C23H31F5O8. The molecule has 206 valence electrons. The van der Waals surface area contributed by atoms with Gasteiger partial charge in [-0.15, -0.1) is 0 Å². The van der Waals surface area contributed by atoms with E-state index in [0.717, 1.165) is 19.3 Å². The zero-order chi connectivity index (χ0) is 26.8. The standard InChI is InChI=1S/C23H31F5O8/c1-2-3-4-5-16(29)35-15-14-34-13-12-33-11-10-32-9-8-31-7-6-17(30)36-23-21(27)19(25)18(24)20(26)22(23)28/h2-15H2,1H3. The molecule has 0 saturated heterocycles. The molecule has 0 spiro atoms. The number of hydrogen-bond acceptors (Lipinski definition) is 8. The molecule has 0 heterocycles. The van der Waals surface area contributed by atoms with Crippen LogP contribution in [0.4, 0.5) is 22.0 Å². The number of esters is 2. The van der Waals surface area contributed by atoms with E-state index in [1.54, 1.807) is 0 Å². The van der Waals surface area contributed by atoms with E-state index in [4.69, 9.17) is 23.7 Å². The lowest BCUT2D eigenvalue weighted by atomic mass is 10.2. The Balaban J connectivity index is 1.96. The number of hydrogen-bond donors (Lipinski definition) is 0. The van der Waals surface area contributed by atoms with Gasteiger partial charge in [0.25, 0.3) is 0 Å². The van der Waals surface area contributed by atoms with Gasteiger partial charge in [-0.25, -0.2) is 13.2 Å². The quantitative estimate of drug-likeness (QED) is 0.0627. The highest BCUT2D eigenvalue weighted by molar-refractivity contribution is 5.72. The molecule has 0 atom stereocenters. The van der Waals surface area contributed by atoms with E-state index in [1.165, 1.54) is 0 Å². The summed E-state index contributed by atoms with van der Waals surface area (Å²) >= 11 is 0. The van der Waals surface area contributed by atoms with Crippen LogP contribution in [0.3, 0.4) is 0 Å². The normalized spacial score (nSPS) is 11.1. The first-order valence-corrected chi connectivity index (χ1v) is 11.5. The molecule has 1 aromatic carbocycles. The fourth-order valence-corrected chi connectivity index (χ4v) is 2.56. The van der Waals surface area contributed by atoms with Crippen LogP contribution in [-0.2, 0) is 33.3 Å². The van der Waals surface area contributed by atoms with E-state index in [2.05, 4.69) is 11.7 Å². The number of halogens is 5. The van der Waals surface area contributed by atoms with Crippen LogP contribution in [0.5, 0.6) is 5.75 Å². The van der Waals surface area contributed by atoms with Crippen molar-refractivity contribution < 1.29 is 60.0 Å². The lowest BCUT2D eigenvalue weighted by molar-refractivity contribution is -0.145. The zero-order valence-corrected chi connectivity index (χ0v) is 20.1. The summed E-state index contributed by atoms with van der Waals surface area (Å²) < 4.78 is 96.2. The summed E-state index contributed by atoms with van der Waals surface area (Å²) in [5.74, 6) is -14.4. The molecular weight excluding hydrogens is 499 g/mol. The lowest BCUT2D eigenvalue weighted by Gasteiger charge is -2.09. The molecule has 0 aliphatic rings. The highest BCUT2D eigenvalue weighted by Crippen LogP contribution is 2.29. The van der Waals surface area contributed by atoms with Crippen LogP contribution in [0.1, 0.15) is 39.0 Å². The molecule has 0 radical (unpaired) electrons. The Hall–Kier alpha value is -2.35. The zero-order valence-electron chi connectivity index (χ0n) is 20.1. The Labute approximate surface area is 205 Å². The summed E-state index contributed by atoms with van der Waals surface area (Å²) in [5.41, 5.74) is 0. The summed E-state index contributed by atoms with van der Waals surface area (Å²) in [6, 6.07) is 0. The second kappa shape index (κ2) is 18.9. The Morgan fingerprint density at radius 3 is 1.50 bits per heavy atom. The van der Waals surface area contributed by atoms with Crippen molar-refractivity contribution >= 4 is 11.9 Å². The van der Waals surface area contributed by atoms with Gasteiger partial charge in [0.05, 0.1) is 59.3 Å². The molecule has 0 saturated carbocycles. The Morgan fingerprint density at radius 1 is 0.556 bits per heavy atom. The van der Waals surface area contributed by atoms with Crippen molar-refractivity contribution in [2.24, 2.45) is 0 Å². The maximum Gasteiger partial charge on any atom is 0.313 e. The number of carbonyl (C=O) groups excluding carboxylic acids is 2. The van der Waals surface area contributed by atoms with Gasteiger partial charge < -0.3 is 28.4 Å². The van der Waals surface area contributed by atoms with E-state index in [-0.39, 0.29) is 45.6 Å². The van der Waals surface area contributed by atoms with E-state index < -0.39 is 47.2 Å². The molecule has 0 N–H and O–H groups in total. The first kappa shape index (κ1) is 31.7. The second-order valence-electron chi connectivity index (χ2n) is 7.25. The van der Waals surface area contributed by atoms with Crippen molar-refractivity contribution in [2.45, 2.75) is 39.0 Å². The fourth-order valence-electron chi connectivity index (χ4n) is 2.56. The van der Waals surface area contributed by atoms with Crippen LogP contribution >= 0.6 is 0 Å². The Bertz CT molecular complexity index is 780. The third-order valence-electron chi connectivity index (χ3n) is 4.43. The van der Waals surface area contributed by atoms with Crippen LogP contribution in [0.15, 0.2) is 0 Å². The minimum absolute atomic E-state index is 0.0794. The molecule has 36 heavy (non-hydrogen) atoms. The second-order valence-corrected chi connectivity index (χ2v) is 7.25. The first-order valence-electron chi connectivity index (χ1n) is 11.5. The number of benzene rings is 1. The van der Waals surface area contributed by atoms with Gasteiger partial charge in [-0.05, 0) is 6.42 Å². The molecule has 1 aromatic rings. The molecule has 0 aliphatic carbocycles. The molecule has 1 rings (SSSR count). The number of rotatable bonds is 20. The topological polar surface area (TPSA) is 89.5 Å². The van der Waals surface area contributed by atoms with Crippen molar-refractivity contribution in [3.05, 3.63) is 29.1 Å². The lowest BCUT2D eigenvalue weighted by Crippen LogP contribution is -2.16. The van der Waals surface area contributed by atoms with Gasteiger partial charge in [-0.3, -0.25) is 9.59 Å². The van der Waals surface area contributed by atoms with Crippen molar-refractivity contribution in [1.29, 1.82) is 0 Å². The van der Waals surface area contributed by atoms with Crippen LogP contribution in [0.2, 0.25) is 0 Å². The smallest absolute Gasteiger partial charge is 0.313 e. The number of carbonyl (C=O) groups is 2. The number of unbranched alkanes of at least 4 members (excludes halogenated alkanes) is 2. The summed E-state index contributed by atoms with van der Waals surface area (Å²) in [5, 5.41) is 0. The molecule has 0 unspecified atom stereocenters. The molecule has 0 aromatic heterocycles. The highest BCUT2D eigenvalue weighted by Gasteiger charge is 2.28. The van der Waals surface area contributed by atoms with E-state index >= 15 is 0 Å². The molecule has 13 heteroatoms. The predicted molar refractivity (Wildman–Crippen MR) is 115 cm³/mol. The molecule has 8 nitrogen and oxygen atoms in total. The largest absolute Gasteiger partial charge is 0.463 e. The summed E-state index contributed by atoms with van der Waals surface area (Å²) in [7, 11) is 0. The van der Waals surface area contributed by atoms with Gasteiger partial charge in [0.1, 0.15) is 6.61 Å². The van der Waals surface area contributed by atoms with Crippen molar-refractivity contribution in [3.63, 3.8) is 0 Å². The van der Waals surface area contributed by atoms with Gasteiger partial charge in [0.2, 0.25) is 34.8 Å². The Kier molecular flexibility index (Phi) is 16.6. The van der Waals surface area contributed by atoms with E-state index in [9.17, 15) is 31.5 Å². The minimum Gasteiger partial charge on any atom is -0.463 e. The maximum atomic E-state index is 13.5.